The van der Waals surface area contributed by atoms with E-state index in [0.29, 0.717) is 29.5 Å². The predicted molar refractivity (Wildman–Crippen MR) is 97.0 cm³/mol. The Morgan fingerprint density at radius 3 is 2.48 bits per heavy atom. The molecule has 0 aromatic heterocycles. The maximum absolute atomic E-state index is 11.6. The smallest absolute Gasteiger partial charge is 0.319 e. The monoisotopic (exact) mass is 355 g/mol. The minimum atomic E-state index is -0.333. The second-order valence-electron chi connectivity index (χ2n) is 5.66. The van der Waals surface area contributed by atoms with Crippen LogP contribution in [0.25, 0.3) is 0 Å². The molecule has 142 valence electrons. The van der Waals surface area contributed by atoms with E-state index >= 15 is 0 Å². The molecule has 25 heavy (non-hydrogen) atoms. The highest BCUT2D eigenvalue weighted by molar-refractivity contribution is 5.91. The van der Waals surface area contributed by atoms with Gasteiger partial charge in [-0.2, -0.15) is 0 Å². The average Bonchev–Trinajstić information content (AvgIpc) is 2.62. The lowest BCUT2D eigenvalue weighted by atomic mass is 10.1. The molecule has 1 aromatic rings. The zero-order chi connectivity index (χ0) is 17.4. The van der Waals surface area contributed by atoms with Crippen molar-refractivity contribution in [1.82, 2.24) is 10.2 Å². The molecule has 0 atom stereocenters. The van der Waals surface area contributed by atoms with Gasteiger partial charge in [0.2, 0.25) is 0 Å². The Morgan fingerprint density at radius 1 is 1.16 bits per heavy atom. The molecule has 2 rings (SSSR count). The van der Waals surface area contributed by atoms with E-state index in [2.05, 4.69) is 15.5 Å². The molecule has 0 aliphatic carbocycles. The molecular formula is C17H29N3O5. The first kappa shape index (κ1) is 20.9. The number of hydrogen-bond acceptors (Lipinski definition) is 5. The Hall–Kier alpha value is -2.19. The summed E-state index contributed by atoms with van der Waals surface area (Å²) in [7, 11) is 4.68. The Morgan fingerprint density at radius 2 is 1.88 bits per heavy atom. The highest BCUT2D eigenvalue weighted by Crippen LogP contribution is 2.39. The van der Waals surface area contributed by atoms with Crippen LogP contribution in [0.3, 0.4) is 0 Å². The maximum atomic E-state index is 11.6. The number of likely N-dealkylation sites (tertiary alicyclic amines) is 1. The Labute approximate surface area is 148 Å². The van der Waals surface area contributed by atoms with Crippen molar-refractivity contribution in [3.05, 3.63) is 12.1 Å². The second kappa shape index (κ2) is 10.6. The molecule has 1 aliphatic heterocycles. The van der Waals surface area contributed by atoms with Crippen LogP contribution in [0.2, 0.25) is 0 Å². The quantitative estimate of drug-likeness (QED) is 0.771. The van der Waals surface area contributed by atoms with E-state index in [0.717, 1.165) is 19.6 Å². The fourth-order valence-corrected chi connectivity index (χ4v) is 2.76. The third kappa shape index (κ3) is 5.99. The third-order valence-electron chi connectivity index (χ3n) is 4.06. The average molecular weight is 355 g/mol. The van der Waals surface area contributed by atoms with Crippen LogP contribution in [0.4, 0.5) is 10.5 Å². The van der Waals surface area contributed by atoms with Gasteiger partial charge in [0.05, 0.1) is 19.9 Å². The number of methoxy groups -OCH3 is 2. The van der Waals surface area contributed by atoms with E-state index < -0.39 is 0 Å². The molecule has 1 saturated heterocycles. The molecule has 1 aromatic carbocycles. The lowest BCUT2D eigenvalue weighted by Gasteiger charge is -2.26. The van der Waals surface area contributed by atoms with Crippen LogP contribution in [0.5, 0.6) is 17.2 Å². The number of carbonyl (C=O) groups is 1. The van der Waals surface area contributed by atoms with Crippen LogP contribution in [-0.4, -0.2) is 63.9 Å². The predicted octanol–water partition coefficient (Wildman–Crippen LogP) is 1.50. The summed E-state index contributed by atoms with van der Waals surface area (Å²) < 4.78 is 16.6. The SMILES string of the molecule is CNC(=O)Nc1cc(OC)cc(OCCN2CCCCC2)c1OC.O. The van der Waals surface area contributed by atoms with Gasteiger partial charge in [-0.15, -0.1) is 0 Å². The lowest BCUT2D eigenvalue weighted by Crippen LogP contribution is -2.33. The van der Waals surface area contributed by atoms with E-state index in [-0.39, 0.29) is 11.5 Å². The van der Waals surface area contributed by atoms with Crippen LogP contribution in [0, 0.1) is 0 Å². The largest absolute Gasteiger partial charge is 0.497 e. The zero-order valence-electron chi connectivity index (χ0n) is 15.2. The number of nitrogens with zero attached hydrogens (tertiary/aromatic N) is 1. The van der Waals surface area contributed by atoms with Crippen molar-refractivity contribution in [2.75, 3.05) is 52.8 Å². The number of urea groups is 1. The van der Waals surface area contributed by atoms with Crippen molar-refractivity contribution < 1.29 is 24.5 Å². The van der Waals surface area contributed by atoms with Gasteiger partial charge in [-0.3, -0.25) is 4.90 Å². The van der Waals surface area contributed by atoms with Crippen molar-refractivity contribution in [2.24, 2.45) is 0 Å². The summed E-state index contributed by atoms with van der Waals surface area (Å²) in [4.78, 5) is 14.0. The summed E-state index contributed by atoms with van der Waals surface area (Å²) >= 11 is 0. The van der Waals surface area contributed by atoms with Crippen LogP contribution in [-0.2, 0) is 0 Å². The summed E-state index contributed by atoms with van der Waals surface area (Å²) in [5.41, 5.74) is 0.504. The first-order valence-corrected chi connectivity index (χ1v) is 8.28. The van der Waals surface area contributed by atoms with Gasteiger partial charge in [-0.05, 0) is 25.9 Å². The van der Waals surface area contributed by atoms with E-state index in [4.69, 9.17) is 14.2 Å². The van der Waals surface area contributed by atoms with Gasteiger partial charge in [0.25, 0.3) is 0 Å². The van der Waals surface area contributed by atoms with E-state index in [1.807, 2.05) is 0 Å². The first-order chi connectivity index (χ1) is 11.7. The third-order valence-corrected chi connectivity index (χ3v) is 4.06. The van der Waals surface area contributed by atoms with Crippen LogP contribution >= 0.6 is 0 Å². The van der Waals surface area contributed by atoms with Gasteiger partial charge in [0.1, 0.15) is 12.4 Å². The Kier molecular flexibility index (Phi) is 8.87. The molecule has 4 N–H and O–H groups in total. The molecule has 2 amide bonds. The highest BCUT2D eigenvalue weighted by atomic mass is 16.5. The van der Waals surface area contributed by atoms with Gasteiger partial charge in [0, 0.05) is 25.7 Å². The molecular weight excluding hydrogens is 326 g/mol. The standard InChI is InChI=1S/C17H27N3O4.H2O/c1-18-17(21)19-14-11-13(22-2)12-15(16(14)23-3)24-10-9-20-7-5-4-6-8-20;/h11-12H,4-10H2,1-3H3,(H2,18,19,21);1H2. The van der Waals surface area contributed by atoms with Crippen LogP contribution in [0.1, 0.15) is 19.3 Å². The Balaban J connectivity index is 0.00000312. The van der Waals surface area contributed by atoms with Crippen molar-refractivity contribution in [2.45, 2.75) is 19.3 Å². The molecule has 0 saturated carbocycles. The number of amides is 2. The molecule has 1 heterocycles. The first-order valence-electron chi connectivity index (χ1n) is 8.28. The minimum absolute atomic E-state index is 0. The fraction of sp³-hybridized carbons (Fsp3) is 0.588. The number of carbonyl (C=O) groups excluding carboxylic acids is 1. The molecule has 0 spiro atoms. The van der Waals surface area contributed by atoms with Gasteiger partial charge in [-0.25, -0.2) is 4.79 Å². The van der Waals surface area contributed by atoms with Crippen molar-refractivity contribution in [3.8, 4) is 17.2 Å². The number of nitrogens with one attached hydrogen (secondary N) is 2. The van der Waals surface area contributed by atoms with E-state index in [1.165, 1.54) is 19.3 Å². The molecule has 1 aliphatic rings. The number of ether oxygens (including phenoxy) is 3. The summed E-state index contributed by atoms with van der Waals surface area (Å²) in [6, 6.07) is 3.14. The maximum Gasteiger partial charge on any atom is 0.319 e. The number of hydrogen-bond donors (Lipinski definition) is 2. The molecule has 0 radical (unpaired) electrons. The van der Waals surface area contributed by atoms with Crippen LogP contribution in [0.15, 0.2) is 12.1 Å². The minimum Gasteiger partial charge on any atom is -0.497 e. The fourth-order valence-electron chi connectivity index (χ4n) is 2.76. The molecule has 0 unspecified atom stereocenters. The normalized spacial score (nSPS) is 14.2. The molecule has 8 nitrogen and oxygen atoms in total. The zero-order valence-corrected chi connectivity index (χ0v) is 15.2. The number of piperidine rings is 1. The lowest BCUT2D eigenvalue weighted by molar-refractivity contribution is 0.180. The number of rotatable bonds is 7. The highest BCUT2D eigenvalue weighted by Gasteiger charge is 2.16. The second-order valence-corrected chi connectivity index (χ2v) is 5.66. The number of benzene rings is 1. The van der Waals surface area contributed by atoms with E-state index in [1.54, 1.807) is 33.4 Å². The summed E-state index contributed by atoms with van der Waals surface area (Å²) in [5.74, 6) is 1.63. The van der Waals surface area contributed by atoms with Crippen LogP contribution < -0.4 is 24.8 Å². The van der Waals surface area contributed by atoms with Crippen molar-refractivity contribution >= 4 is 11.7 Å². The summed E-state index contributed by atoms with van der Waals surface area (Å²) in [6.45, 7) is 3.69. The molecule has 1 fully saturated rings. The van der Waals surface area contributed by atoms with Gasteiger partial charge in [0.15, 0.2) is 11.5 Å². The van der Waals surface area contributed by atoms with Crippen molar-refractivity contribution in [3.63, 3.8) is 0 Å². The van der Waals surface area contributed by atoms with E-state index in [9.17, 15) is 4.79 Å². The summed E-state index contributed by atoms with van der Waals surface area (Å²) in [5, 5.41) is 5.23. The van der Waals surface area contributed by atoms with Crippen molar-refractivity contribution in [1.29, 1.82) is 0 Å². The van der Waals surface area contributed by atoms with Gasteiger partial charge >= 0.3 is 6.03 Å². The Bertz CT molecular complexity index is 547. The van der Waals surface area contributed by atoms with Gasteiger partial charge < -0.3 is 30.3 Å². The summed E-state index contributed by atoms with van der Waals surface area (Å²) in [6.07, 6.45) is 3.82. The topological polar surface area (TPSA) is 104 Å². The number of anilines is 1. The van der Waals surface area contributed by atoms with Gasteiger partial charge in [-0.1, -0.05) is 6.42 Å². The molecule has 8 heteroatoms. The molecule has 0 bridgehead atoms.